The summed E-state index contributed by atoms with van der Waals surface area (Å²) < 4.78 is 7.82. The van der Waals surface area contributed by atoms with Crippen molar-refractivity contribution in [3.8, 4) is 11.3 Å². The molecule has 2 fully saturated rings. The number of imidazole rings is 1. The van der Waals surface area contributed by atoms with Gasteiger partial charge in [-0.15, -0.1) is 0 Å². The third kappa shape index (κ3) is 3.47. The highest BCUT2D eigenvalue weighted by Crippen LogP contribution is 2.33. The maximum atomic E-state index is 5.56. The lowest BCUT2D eigenvalue weighted by molar-refractivity contribution is 0.122. The van der Waals surface area contributed by atoms with E-state index in [1.54, 1.807) is 0 Å². The van der Waals surface area contributed by atoms with Crippen LogP contribution < -0.4 is 4.90 Å². The molecule has 1 aliphatic carbocycles. The maximum Gasteiger partial charge on any atom is 0.228 e. The molecule has 0 radical (unpaired) electrons. The Hall–Kier alpha value is -2.93. The van der Waals surface area contributed by atoms with Crippen molar-refractivity contribution < 1.29 is 4.74 Å². The van der Waals surface area contributed by atoms with Gasteiger partial charge in [-0.25, -0.2) is 9.97 Å². The van der Waals surface area contributed by atoms with E-state index in [4.69, 9.17) is 19.7 Å². The van der Waals surface area contributed by atoms with E-state index in [-0.39, 0.29) is 0 Å². The fourth-order valence-corrected chi connectivity index (χ4v) is 5.10. The molecule has 1 aliphatic heterocycles. The zero-order valence-corrected chi connectivity index (χ0v) is 17.8. The molecule has 1 saturated heterocycles. The van der Waals surface area contributed by atoms with Gasteiger partial charge in [0, 0.05) is 42.3 Å². The average Bonchev–Trinajstić information content (AvgIpc) is 3.47. The molecule has 1 N–H and O–H groups in total. The molecule has 0 bridgehead atoms. The van der Waals surface area contributed by atoms with Crippen molar-refractivity contribution in [3.05, 3.63) is 36.8 Å². The Bertz CT molecular complexity index is 1200. The highest BCUT2D eigenvalue weighted by Gasteiger charge is 2.22. The Labute approximate surface area is 181 Å². The molecule has 2 aliphatic rings. The van der Waals surface area contributed by atoms with Crippen LogP contribution in [0.3, 0.4) is 0 Å². The average molecular weight is 417 g/mol. The normalized spacial score (nSPS) is 18.3. The molecule has 4 heterocycles. The minimum absolute atomic E-state index is 0.713. The number of anilines is 1. The predicted octanol–water partition coefficient (Wildman–Crippen LogP) is 4.39. The summed E-state index contributed by atoms with van der Waals surface area (Å²) in [4.78, 5) is 20.5. The summed E-state index contributed by atoms with van der Waals surface area (Å²) >= 11 is 0. The molecule has 3 aromatic heterocycles. The summed E-state index contributed by atoms with van der Waals surface area (Å²) in [5.74, 6) is 1.49. The highest BCUT2D eigenvalue weighted by molar-refractivity contribution is 6.00. The number of fused-ring (bicyclic) bond motifs is 2. The molecule has 7 heteroatoms. The summed E-state index contributed by atoms with van der Waals surface area (Å²) in [6.07, 6.45) is 10.6. The van der Waals surface area contributed by atoms with Gasteiger partial charge in [0.05, 0.1) is 19.5 Å². The second kappa shape index (κ2) is 7.96. The van der Waals surface area contributed by atoms with Crippen molar-refractivity contribution >= 4 is 28.0 Å². The molecule has 31 heavy (non-hydrogen) atoms. The van der Waals surface area contributed by atoms with Crippen molar-refractivity contribution in [1.82, 2.24) is 24.5 Å². The smallest absolute Gasteiger partial charge is 0.228 e. The van der Waals surface area contributed by atoms with Crippen LogP contribution in [-0.4, -0.2) is 50.8 Å². The third-order valence-corrected chi connectivity index (χ3v) is 6.78. The number of nitrogens with one attached hydrogen (secondary N) is 1. The first-order valence-corrected chi connectivity index (χ1v) is 11.5. The van der Waals surface area contributed by atoms with Gasteiger partial charge in [0.2, 0.25) is 5.95 Å². The van der Waals surface area contributed by atoms with Gasteiger partial charge in [0.1, 0.15) is 11.2 Å². The monoisotopic (exact) mass is 416 g/mol. The van der Waals surface area contributed by atoms with Crippen molar-refractivity contribution in [2.75, 3.05) is 31.2 Å². The van der Waals surface area contributed by atoms with Crippen molar-refractivity contribution in [1.29, 1.82) is 0 Å². The first-order valence-electron chi connectivity index (χ1n) is 11.5. The molecule has 1 aromatic carbocycles. The number of hydrogen-bond acceptors (Lipinski definition) is 5. The van der Waals surface area contributed by atoms with Gasteiger partial charge in [0.15, 0.2) is 5.65 Å². The van der Waals surface area contributed by atoms with E-state index in [0.717, 1.165) is 58.9 Å². The SMILES string of the molecule is c1cc(-c2nc(N3CCOCC3)nc3c2ncn3CC2CCCCC2)c2cc[nH]c2c1. The summed E-state index contributed by atoms with van der Waals surface area (Å²) in [5.41, 5.74) is 4.97. The Morgan fingerprint density at radius 3 is 2.77 bits per heavy atom. The van der Waals surface area contributed by atoms with Gasteiger partial charge < -0.3 is 19.2 Å². The number of rotatable bonds is 4. The number of H-pyrrole nitrogens is 1. The Balaban J connectivity index is 1.50. The van der Waals surface area contributed by atoms with Crippen LogP contribution in [0.4, 0.5) is 5.95 Å². The fraction of sp³-hybridized carbons (Fsp3) is 0.458. The highest BCUT2D eigenvalue weighted by atomic mass is 16.5. The molecular formula is C24H28N6O. The first-order chi connectivity index (χ1) is 15.4. The standard InChI is InChI=1S/C24H28N6O/c1-2-5-17(6-3-1)15-30-16-26-22-21(19-7-4-8-20-18(19)9-10-25-20)27-24(28-23(22)30)29-11-13-31-14-12-29/h4,7-10,16-17,25H,1-3,5-6,11-15H2. The van der Waals surface area contributed by atoms with E-state index in [9.17, 15) is 0 Å². The molecule has 1 saturated carbocycles. The number of hydrogen-bond donors (Lipinski definition) is 1. The number of benzene rings is 1. The van der Waals surface area contributed by atoms with Gasteiger partial charge in [-0.2, -0.15) is 4.98 Å². The van der Waals surface area contributed by atoms with E-state index in [0.29, 0.717) is 19.1 Å². The van der Waals surface area contributed by atoms with Gasteiger partial charge in [-0.3, -0.25) is 0 Å². The molecule has 0 amide bonds. The molecule has 6 rings (SSSR count). The van der Waals surface area contributed by atoms with Crippen LogP contribution in [0.15, 0.2) is 36.8 Å². The minimum atomic E-state index is 0.713. The predicted molar refractivity (Wildman–Crippen MR) is 122 cm³/mol. The van der Waals surface area contributed by atoms with E-state index >= 15 is 0 Å². The van der Waals surface area contributed by atoms with E-state index < -0.39 is 0 Å². The maximum absolute atomic E-state index is 5.56. The quantitative estimate of drug-likeness (QED) is 0.534. The summed E-state index contributed by atoms with van der Waals surface area (Å²) in [6, 6.07) is 8.44. The lowest BCUT2D eigenvalue weighted by atomic mass is 9.89. The molecule has 0 atom stereocenters. The van der Waals surface area contributed by atoms with Crippen molar-refractivity contribution in [3.63, 3.8) is 0 Å². The van der Waals surface area contributed by atoms with Crippen LogP contribution >= 0.6 is 0 Å². The summed E-state index contributed by atoms with van der Waals surface area (Å²) in [5, 5.41) is 1.16. The van der Waals surface area contributed by atoms with Gasteiger partial charge in [0.25, 0.3) is 0 Å². The Morgan fingerprint density at radius 2 is 1.90 bits per heavy atom. The van der Waals surface area contributed by atoms with E-state index in [1.165, 1.54) is 32.1 Å². The van der Waals surface area contributed by atoms with Crippen molar-refractivity contribution in [2.45, 2.75) is 38.6 Å². The molecule has 160 valence electrons. The zero-order chi connectivity index (χ0) is 20.6. The van der Waals surface area contributed by atoms with Gasteiger partial charge in [-0.1, -0.05) is 31.4 Å². The molecular weight excluding hydrogens is 388 g/mol. The zero-order valence-electron chi connectivity index (χ0n) is 17.8. The van der Waals surface area contributed by atoms with Crippen molar-refractivity contribution in [2.24, 2.45) is 5.92 Å². The minimum Gasteiger partial charge on any atom is -0.378 e. The first kappa shape index (κ1) is 18.8. The number of morpholine rings is 1. The third-order valence-electron chi connectivity index (χ3n) is 6.78. The molecule has 0 spiro atoms. The van der Waals surface area contributed by atoms with Crippen LogP contribution in [-0.2, 0) is 11.3 Å². The molecule has 7 nitrogen and oxygen atoms in total. The topological polar surface area (TPSA) is 71.9 Å². The fourth-order valence-electron chi connectivity index (χ4n) is 5.10. The second-order valence-corrected chi connectivity index (χ2v) is 8.79. The lowest BCUT2D eigenvalue weighted by Gasteiger charge is -2.27. The Kier molecular flexibility index (Phi) is 4.83. The van der Waals surface area contributed by atoms with Gasteiger partial charge in [-0.05, 0) is 30.9 Å². The van der Waals surface area contributed by atoms with Crippen LogP contribution in [0.2, 0.25) is 0 Å². The molecule has 4 aromatic rings. The van der Waals surface area contributed by atoms with Crippen LogP contribution in [0.25, 0.3) is 33.3 Å². The second-order valence-electron chi connectivity index (χ2n) is 8.79. The van der Waals surface area contributed by atoms with Crippen LogP contribution in [0.1, 0.15) is 32.1 Å². The van der Waals surface area contributed by atoms with E-state index in [2.05, 4.69) is 38.7 Å². The largest absolute Gasteiger partial charge is 0.378 e. The summed E-state index contributed by atoms with van der Waals surface area (Å²) in [7, 11) is 0. The van der Waals surface area contributed by atoms with Crippen LogP contribution in [0.5, 0.6) is 0 Å². The number of ether oxygens (including phenoxy) is 1. The molecule has 0 unspecified atom stereocenters. The number of nitrogens with zero attached hydrogens (tertiary/aromatic N) is 5. The summed E-state index contributed by atoms with van der Waals surface area (Å²) in [6.45, 7) is 4.05. The number of aromatic amines is 1. The van der Waals surface area contributed by atoms with Crippen LogP contribution in [0, 0.1) is 5.92 Å². The van der Waals surface area contributed by atoms with E-state index in [1.807, 2.05) is 12.5 Å². The lowest BCUT2D eigenvalue weighted by Crippen LogP contribution is -2.37. The van der Waals surface area contributed by atoms with Gasteiger partial charge >= 0.3 is 0 Å². The number of aromatic nitrogens is 5. The Morgan fingerprint density at radius 1 is 1.03 bits per heavy atom.